The third-order valence-corrected chi connectivity index (χ3v) is 5.10. The molecule has 0 nitrogen and oxygen atoms in total. The van der Waals surface area contributed by atoms with E-state index in [9.17, 15) is 0 Å². The number of alkyl halides is 1. The van der Waals surface area contributed by atoms with Gasteiger partial charge < -0.3 is 0 Å². The number of hydrogen-bond acceptors (Lipinski definition) is 0. The average molecular weight is 323 g/mol. The molecule has 22 heavy (non-hydrogen) atoms. The molecule has 1 atom stereocenters. The van der Waals surface area contributed by atoms with E-state index < -0.39 is 0 Å². The molecule has 0 fully saturated rings. The minimum Gasteiger partial charge on any atom is -0.114 e. The second-order valence-electron chi connectivity index (χ2n) is 6.94. The molecule has 0 heterocycles. The van der Waals surface area contributed by atoms with Crippen LogP contribution in [0.3, 0.4) is 0 Å². The van der Waals surface area contributed by atoms with Crippen molar-refractivity contribution in [2.45, 2.75) is 96.3 Å². The molecular weight excluding hydrogens is 288 g/mol. The Kier molecular flexibility index (Phi) is 9.87. The summed E-state index contributed by atoms with van der Waals surface area (Å²) < 4.78 is 0. The van der Waals surface area contributed by atoms with Gasteiger partial charge in [0, 0.05) is 0 Å². The highest BCUT2D eigenvalue weighted by Crippen LogP contribution is 2.36. The maximum Gasteiger partial charge on any atom is 0.0669 e. The van der Waals surface area contributed by atoms with Crippen LogP contribution in [-0.4, -0.2) is 0 Å². The van der Waals surface area contributed by atoms with Gasteiger partial charge in [-0.05, 0) is 31.4 Å². The Morgan fingerprint density at radius 1 is 0.818 bits per heavy atom. The Morgan fingerprint density at radius 3 is 1.86 bits per heavy atom. The molecule has 0 aliphatic rings. The van der Waals surface area contributed by atoms with E-state index in [1.807, 2.05) is 0 Å². The molecule has 1 aromatic rings. The van der Waals surface area contributed by atoms with Crippen molar-refractivity contribution in [3.63, 3.8) is 0 Å². The van der Waals surface area contributed by atoms with Crippen molar-refractivity contribution in [3.05, 3.63) is 35.4 Å². The van der Waals surface area contributed by atoms with Gasteiger partial charge in [0.25, 0.3) is 0 Å². The highest BCUT2D eigenvalue weighted by molar-refractivity contribution is 6.23. The molecule has 0 amide bonds. The molecule has 1 rings (SSSR count). The summed E-state index contributed by atoms with van der Waals surface area (Å²) in [5.41, 5.74) is 2.61. The molecule has 0 aliphatic carbocycles. The number of halogens is 1. The molecule has 0 aliphatic heterocycles. The van der Waals surface area contributed by atoms with Gasteiger partial charge in [0.1, 0.15) is 0 Å². The molecule has 126 valence electrons. The van der Waals surface area contributed by atoms with Crippen LogP contribution in [0.2, 0.25) is 0 Å². The van der Waals surface area contributed by atoms with Crippen molar-refractivity contribution in [1.29, 1.82) is 0 Å². The van der Waals surface area contributed by atoms with Crippen LogP contribution in [-0.2, 0) is 4.87 Å². The zero-order valence-electron chi connectivity index (χ0n) is 15.0. The first-order valence-electron chi connectivity index (χ1n) is 9.33. The summed E-state index contributed by atoms with van der Waals surface area (Å²) in [7, 11) is 0. The first kappa shape index (κ1) is 19.6. The zero-order chi connectivity index (χ0) is 16.3. The Hall–Kier alpha value is -0.490. The van der Waals surface area contributed by atoms with Crippen LogP contribution in [0.5, 0.6) is 0 Å². The highest BCUT2D eigenvalue weighted by atomic mass is 35.5. The topological polar surface area (TPSA) is 0 Å². The van der Waals surface area contributed by atoms with E-state index in [0.29, 0.717) is 0 Å². The number of unbranched alkanes of at least 4 members (excludes halogenated alkanes) is 9. The lowest BCUT2D eigenvalue weighted by Gasteiger charge is -2.24. The van der Waals surface area contributed by atoms with E-state index in [4.69, 9.17) is 11.6 Å². The van der Waals surface area contributed by atoms with Gasteiger partial charge in [0.2, 0.25) is 0 Å². The molecule has 0 aromatic heterocycles. The molecule has 0 bridgehead atoms. The summed E-state index contributed by atoms with van der Waals surface area (Å²) in [6.45, 7) is 6.61. The molecule has 0 N–H and O–H groups in total. The number of aryl methyl sites for hydroxylation is 1. The summed E-state index contributed by atoms with van der Waals surface area (Å²) in [5, 5.41) is 0. The zero-order valence-corrected chi connectivity index (χ0v) is 15.7. The van der Waals surface area contributed by atoms with Crippen LogP contribution in [0, 0.1) is 6.92 Å². The Bertz CT molecular complexity index is 395. The van der Waals surface area contributed by atoms with Crippen LogP contribution in [0.1, 0.15) is 95.6 Å². The van der Waals surface area contributed by atoms with Gasteiger partial charge >= 0.3 is 0 Å². The molecule has 1 aromatic carbocycles. The average Bonchev–Trinajstić information content (AvgIpc) is 2.49. The van der Waals surface area contributed by atoms with Crippen molar-refractivity contribution < 1.29 is 0 Å². The van der Waals surface area contributed by atoms with Crippen LogP contribution in [0.15, 0.2) is 24.3 Å². The fourth-order valence-corrected chi connectivity index (χ4v) is 3.58. The van der Waals surface area contributed by atoms with Crippen molar-refractivity contribution in [1.82, 2.24) is 0 Å². The van der Waals surface area contributed by atoms with Crippen molar-refractivity contribution in [3.8, 4) is 0 Å². The Labute approximate surface area is 143 Å². The Morgan fingerprint density at radius 2 is 1.32 bits per heavy atom. The maximum atomic E-state index is 6.78. The first-order chi connectivity index (χ1) is 10.6. The predicted molar refractivity (Wildman–Crippen MR) is 101 cm³/mol. The standard InChI is InChI=1S/C21H35Cl/c1-4-5-6-7-8-9-10-11-12-15-18-21(3,22)20-17-14-13-16-19(20)2/h13-14,16-17H,4-12,15,18H2,1-3H3. The van der Waals surface area contributed by atoms with Gasteiger partial charge in [-0.15, -0.1) is 11.6 Å². The lowest BCUT2D eigenvalue weighted by atomic mass is 9.90. The highest BCUT2D eigenvalue weighted by Gasteiger charge is 2.24. The largest absolute Gasteiger partial charge is 0.114 e. The molecule has 1 heteroatoms. The Balaban J connectivity index is 2.10. The fraction of sp³-hybridized carbons (Fsp3) is 0.714. The van der Waals surface area contributed by atoms with Crippen molar-refractivity contribution >= 4 is 11.6 Å². The fourth-order valence-electron chi connectivity index (χ4n) is 3.24. The number of hydrogen-bond donors (Lipinski definition) is 0. The first-order valence-corrected chi connectivity index (χ1v) is 9.70. The van der Waals surface area contributed by atoms with Crippen molar-refractivity contribution in [2.24, 2.45) is 0 Å². The summed E-state index contributed by atoms with van der Waals surface area (Å²) in [6.07, 6.45) is 14.9. The smallest absolute Gasteiger partial charge is 0.0669 e. The third-order valence-electron chi connectivity index (χ3n) is 4.71. The van der Waals surface area contributed by atoms with E-state index in [1.165, 1.54) is 75.3 Å². The summed E-state index contributed by atoms with van der Waals surface area (Å²) >= 11 is 6.78. The molecule has 1 unspecified atom stereocenters. The predicted octanol–water partition coefficient (Wildman–Crippen LogP) is 7.76. The second-order valence-corrected chi connectivity index (χ2v) is 7.78. The van der Waals surface area contributed by atoms with Crippen molar-refractivity contribution in [2.75, 3.05) is 0 Å². The number of benzene rings is 1. The van der Waals surface area contributed by atoms with Gasteiger partial charge in [-0.1, -0.05) is 95.4 Å². The van der Waals surface area contributed by atoms with Gasteiger partial charge in [0.15, 0.2) is 0 Å². The van der Waals surface area contributed by atoms with Gasteiger partial charge in [0.05, 0.1) is 4.87 Å². The van der Waals surface area contributed by atoms with E-state index in [-0.39, 0.29) is 4.87 Å². The maximum absolute atomic E-state index is 6.78. The van der Waals surface area contributed by atoms with E-state index in [2.05, 4.69) is 45.0 Å². The molecule has 0 spiro atoms. The molecule has 0 saturated heterocycles. The lowest BCUT2D eigenvalue weighted by molar-refractivity contribution is 0.513. The third kappa shape index (κ3) is 7.68. The minimum atomic E-state index is -0.203. The summed E-state index contributed by atoms with van der Waals surface area (Å²) in [5.74, 6) is 0. The van der Waals surface area contributed by atoms with Gasteiger partial charge in [-0.3, -0.25) is 0 Å². The second kappa shape index (κ2) is 11.1. The van der Waals surface area contributed by atoms with E-state index in [0.717, 1.165) is 6.42 Å². The van der Waals surface area contributed by atoms with Crippen LogP contribution in [0.4, 0.5) is 0 Å². The van der Waals surface area contributed by atoms with Gasteiger partial charge in [-0.25, -0.2) is 0 Å². The monoisotopic (exact) mass is 322 g/mol. The van der Waals surface area contributed by atoms with Gasteiger partial charge in [-0.2, -0.15) is 0 Å². The van der Waals surface area contributed by atoms with Crippen LogP contribution >= 0.6 is 11.6 Å². The molecule has 0 saturated carbocycles. The summed E-state index contributed by atoms with van der Waals surface area (Å²) in [6, 6.07) is 8.53. The summed E-state index contributed by atoms with van der Waals surface area (Å²) in [4.78, 5) is -0.203. The quantitative estimate of drug-likeness (QED) is 0.272. The number of rotatable bonds is 12. The van der Waals surface area contributed by atoms with E-state index in [1.54, 1.807) is 0 Å². The van der Waals surface area contributed by atoms with Crippen LogP contribution in [0.25, 0.3) is 0 Å². The molecule has 0 radical (unpaired) electrons. The van der Waals surface area contributed by atoms with E-state index >= 15 is 0 Å². The van der Waals surface area contributed by atoms with Crippen LogP contribution < -0.4 is 0 Å². The lowest BCUT2D eigenvalue weighted by Crippen LogP contribution is -2.15. The minimum absolute atomic E-state index is 0.203. The molecular formula is C21H35Cl. The SMILES string of the molecule is CCCCCCCCCCCCC(C)(Cl)c1ccccc1C. The normalized spacial score (nSPS) is 14.0.